The van der Waals surface area contributed by atoms with Gasteiger partial charge in [0.15, 0.2) is 5.82 Å². The van der Waals surface area contributed by atoms with Crippen LogP contribution in [0.1, 0.15) is 90.7 Å². The van der Waals surface area contributed by atoms with Gasteiger partial charge in [0.25, 0.3) is 11.8 Å². The molecule has 1 N–H and O–H groups in total. The second-order valence-electron chi connectivity index (χ2n) is 12.7. The molecule has 1 saturated heterocycles. The van der Waals surface area contributed by atoms with Crippen molar-refractivity contribution in [3.05, 3.63) is 115 Å². The molecule has 14 heteroatoms. The Bertz CT molecular complexity index is 2540. The van der Waals surface area contributed by atoms with Crippen LogP contribution in [0.15, 0.2) is 59.9 Å². The highest BCUT2D eigenvalue weighted by Gasteiger charge is 2.45. The minimum absolute atomic E-state index is 0.0601. The molecule has 3 aliphatic heterocycles. The first-order valence-electron chi connectivity index (χ1n) is 16.9. The van der Waals surface area contributed by atoms with Gasteiger partial charge in [0.05, 0.1) is 33.5 Å². The zero-order chi connectivity index (χ0) is 36.8. The van der Waals surface area contributed by atoms with Crippen molar-refractivity contribution in [2.75, 3.05) is 0 Å². The van der Waals surface area contributed by atoms with Crippen LogP contribution >= 0.6 is 22.9 Å². The number of halogens is 1. The molecular formula is C39H29ClN8O4S. The summed E-state index contributed by atoms with van der Waals surface area (Å²) < 4.78 is 3.88. The second-order valence-corrected chi connectivity index (χ2v) is 14.2. The molecule has 12 nitrogen and oxygen atoms in total. The summed E-state index contributed by atoms with van der Waals surface area (Å²) in [5.41, 5.74) is 5.45. The summed E-state index contributed by atoms with van der Waals surface area (Å²) in [7, 11) is 0. The smallest absolute Gasteiger partial charge is 0.263 e. The molecule has 0 aliphatic carbocycles. The lowest BCUT2D eigenvalue weighted by Crippen LogP contribution is -2.54. The van der Waals surface area contributed by atoms with E-state index in [1.165, 1.54) is 0 Å². The number of nitrogens with one attached hydrogen (secondary N) is 1. The van der Waals surface area contributed by atoms with Gasteiger partial charge in [-0.2, -0.15) is 5.10 Å². The third-order valence-corrected chi connectivity index (χ3v) is 10.7. The highest BCUT2D eigenvalue weighted by molar-refractivity contribution is 7.15. The van der Waals surface area contributed by atoms with Crippen LogP contribution in [0.3, 0.4) is 0 Å². The van der Waals surface area contributed by atoms with Crippen LogP contribution in [0, 0.1) is 37.5 Å². The van der Waals surface area contributed by atoms with Crippen LogP contribution < -0.4 is 5.32 Å². The number of amides is 4. The number of aryl methyl sites for hydroxylation is 2. The van der Waals surface area contributed by atoms with Gasteiger partial charge in [-0.15, -0.1) is 21.5 Å². The molecule has 0 saturated carbocycles. The lowest BCUT2D eigenvalue weighted by Gasteiger charge is -2.27. The standard InChI is InChI=1S/C39H29ClN8O4S/c1-22-30(53-39-33(22)35(26-11-13-27(40)14-12-26)41-20-31-45-44-23(2)47(31)39)16-10-24-19-42-46(21-24)18-5-3-4-7-25-8-6-9-28-34(25)38(52)48(37(28)51)29-15-17-32(49)43-36(29)50/h6,8-9,11-14,19,21,29H,3,5,15,17-18,20H2,1-2H3,(H,43,49,50). The fraction of sp³-hybridized carbons (Fsp3) is 0.231. The van der Waals surface area contributed by atoms with Crippen molar-refractivity contribution in [2.24, 2.45) is 4.99 Å². The minimum atomic E-state index is -1.02. The Balaban J connectivity index is 0.952. The van der Waals surface area contributed by atoms with Crippen LogP contribution in [0.25, 0.3) is 5.00 Å². The van der Waals surface area contributed by atoms with Crippen molar-refractivity contribution < 1.29 is 19.2 Å². The van der Waals surface area contributed by atoms with Crippen LogP contribution in [0.5, 0.6) is 0 Å². The molecule has 0 bridgehead atoms. The number of nitrogens with zero attached hydrogens (tertiary/aromatic N) is 7. The summed E-state index contributed by atoms with van der Waals surface area (Å²) in [4.78, 5) is 57.3. The maximum absolute atomic E-state index is 13.3. The van der Waals surface area contributed by atoms with Crippen LogP contribution in [0.2, 0.25) is 5.02 Å². The summed E-state index contributed by atoms with van der Waals surface area (Å²) in [6.45, 7) is 5.01. The Morgan fingerprint density at radius 2 is 1.81 bits per heavy atom. The normalized spacial score (nSPS) is 16.1. The number of imide groups is 2. The Labute approximate surface area is 312 Å². The van der Waals surface area contributed by atoms with E-state index in [1.54, 1.807) is 35.7 Å². The van der Waals surface area contributed by atoms with E-state index in [2.05, 4.69) is 55.8 Å². The van der Waals surface area contributed by atoms with E-state index in [9.17, 15) is 19.2 Å². The molecule has 6 heterocycles. The highest BCUT2D eigenvalue weighted by Crippen LogP contribution is 2.37. The number of thiophene rings is 1. The number of hydrogen-bond donors (Lipinski definition) is 1. The molecule has 2 aromatic carbocycles. The molecule has 1 unspecified atom stereocenters. The van der Waals surface area contributed by atoms with E-state index in [0.29, 0.717) is 36.5 Å². The summed E-state index contributed by atoms with van der Waals surface area (Å²) in [6, 6.07) is 11.6. The summed E-state index contributed by atoms with van der Waals surface area (Å²) in [6.07, 6.45) is 5.00. The molecule has 8 rings (SSSR count). The van der Waals surface area contributed by atoms with E-state index in [-0.39, 0.29) is 24.0 Å². The molecule has 1 fully saturated rings. The number of carbonyl (C=O) groups is 4. The molecule has 3 aromatic heterocycles. The maximum Gasteiger partial charge on any atom is 0.263 e. The maximum atomic E-state index is 13.3. The lowest BCUT2D eigenvalue weighted by atomic mass is 10.00. The quantitative estimate of drug-likeness (QED) is 0.155. The number of aromatic nitrogens is 5. The van der Waals surface area contributed by atoms with Crippen LogP contribution in [-0.4, -0.2) is 64.8 Å². The molecule has 262 valence electrons. The van der Waals surface area contributed by atoms with Gasteiger partial charge in [0.1, 0.15) is 23.4 Å². The monoisotopic (exact) mass is 740 g/mol. The first-order chi connectivity index (χ1) is 25.7. The number of benzene rings is 2. The number of carbonyl (C=O) groups excluding carboxylic acids is 4. The first-order valence-corrected chi connectivity index (χ1v) is 18.1. The number of fused-ring (bicyclic) bond motifs is 4. The molecule has 0 radical (unpaired) electrons. The van der Waals surface area contributed by atoms with Crippen molar-refractivity contribution in [2.45, 2.75) is 58.7 Å². The van der Waals surface area contributed by atoms with Crippen molar-refractivity contribution in [1.29, 1.82) is 0 Å². The predicted octanol–water partition coefficient (Wildman–Crippen LogP) is 4.78. The zero-order valence-electron chi connectivity index (χ0n) is 28.6. The largest absolute Gasteiger partial charge is 0.295 e. The van der Waals surface area contributed by atoms with Crippen molar-refractivity contribution in [1.82, 2.24) is 34.8 Å². The average molecular weight is 741 g/mol. The van der Waals surface area contributed by atoms with Crippen molar-refractivity contribution in [3.63, 3.8) is 0 Å². The van der Waals surface area contributed by atoms with E-state index in [0.717, 1.165) is 54.4 Å². The Kier molecular flexibility index (Phi) is 8.82. The van der Waals surface area contributed by atoms with Crippen LogP contribution in [0.4, 0.5) is 0 Å². The number of rotatable bonds is 5. The number of aliphatic imine (C=N–C) groups is 1. The highest BCUT2D eigenvalue weighted by atomic mass is 35.5. The molecule has 0 spiro atoms. The molecule has 3 aliphatic rings. The van der Waals surface area contributed by atoms with Gasteiger partial charge in [-0.1, -0.05) is 53.5 Å². The Hall–Kier alpha value is -6.15. The van der Waals surface area contributed by atoms with E-state index in [1.807, 2.05) is 42.1 Å². The van der Waals surface area contributed by atoms with E-state index >= 15 is 0 Å². The fourth-order valence-electron chi connectivity index (χ4n) is 6.68. The van der Waals surface area contributed by atoms with Gasteiger partial charge in [0.2, 0.25) is 11.8 Å². The summed E-state index contributed by atoms with van der Waals surface area (Å²) in [5.74, 6) is 12.2. The topological polar surface area (TPSA) is 144 Å². The second kappa shape index (κ2) is 13.8. The molecule has 53 heavy (non-hydrogen) atoms. The molecule has 4 amide bonds. The van der Waals surface area contributed by atoms with Gasteiger partial charge in [-0.05, 0) is 56.5 Å². The van der Waals surface area contributed by atoms with Gasteiger partial charge in [-0.3, -0.25) is 43.6 Å². The third-order valence-electron chi connectivity index (χ3n) is 9.29. The molecular weight excluding hydrogens is 712 g/mol. The average Bonchev–Trinajstić information content (AvgIpc) is 3.87. The summed E-state index contributed by atoms with van der Waals surface area (Å²) in [5, 5.41) is 17.0. The fourth-order valence-corrected chi connectivity index (χ4v) is 8.04. The molecule has 5 aromatic rings. The molecule has 1 atom stereocenters. The van der Waals surface area contributed by atoms with Gasteiger partial charge in [-0.25, -0.2) is 0 Å². The van der Waals surface area contributed by atoms with E-state index in [4.69, 9.17) is 16.6 Å². The minimum Gasteiger partial charge on any atom is -0.295 e. The first kappa shape index (κ1) is 34.0. The Morgan fingerprint density at radius 3 is 2.62 bits per heavy atom. The number of piperidine rings is 1. The van der Waals surface area contributed by atoms with Gasteiger partial charge >= 0.3 is 0 Å². The van der Waals surface area contributed by atoms with Gasteiger partial charge < -0.3 is 0 Å². The zero-order valence-corrected chi connectivity index (χ0v) is 30.1. The predicted molar refractivity (Wildman–Crippen MR) is 197 cm³/mol. The van der Waals surface area contributed by atoms with Gasteiger partial charge in [0, 0.05) is 47.3 Å². The number of unbranched alkanes of at least 4 members (excludes halogenated alkanes) is 1. The van der Waals surface area contributed by atoms with E-state index < -0.39 is 29.7 Å². The van der Waals surface area contributed by atoms with Crippen molar-refractivity contribution >= 4 is 52.3 Å². The third kappa shape index (κ3) is 6.24. The number of hydrogen-bond acceptors (Lipinski definition) is 9. The Morgan fingerprint density at radius 1 is 0.981 bits per heavy atom. The van der Waals surface area contributed by atoms with Crippen LogP contribution in [-0.2, 0) is 22.7 Å². The SMILES string of the molecule is Cc1c(C#Cc2cnn(CCCC#Cc3cccc4c3C(=O)N(C3CCC(=O)NC3=O)C4=O)c2)sc2c1C(c1ccc(Cl)cc1)=NCc1nnc(C)n1-2. The van der Waals surface area contributed by atoms with Crippen molar-refractivity contribution in [3.8, 4) is 28.7 Å². The summed E-state index contributed by atoms with van der Waals surface area (Å²) >= 11 is 7.77. The lowest BCUT2D eigenvalue weighted by molar-refractivity contribution is -0.136.